The molecule has 2 heterocycles. The minimum Gasteiger partial charge on any atom is -0.462 e. The van der Waals surface area contributed by atoms with E-state index in [0.717, 1.165) is 4.47 Å². The van der Waals surface area contributed by atoms with Crippen molar-refractivity contribution in [2.45, 2.75) is 25.7 Å². The molecule has 1 aromatic heterocycles. The van der Waals surface area contributed by atoms with Gasteiger partial charge < -0.3 is 14.6 Å². The van der Waals surface area contributed by atoms with Gasteiger partial charge in [-0.2, -0.15) is 4.31 Å². The molecule has 0 radical (unpaired) electrons. The van der Waals surface area contributed by atoms with Gasteiger partial charge in [-0.15, -0.1) is 0 Å². The highest BCUT2D eigenvalue weighted by atomic mass is 79.9. The molecule has 162 valence electrons. The lowest BCUT2D eigenvalue weighted by atomic mass is 10.1. The molecular formula is C20H24BrN3O5S. The van der Waals surface area contributed by atoms with Crippen LogP contribution in [0.1, 0.15) is 39.0 Å². The molecule has 2 aromatic rings. The second kappa shape index (κ2) is 8.91. The van der Waals surface area contributed by atoms with Gasteiger partial charge in [0.05, 0.1) is 17.1 Å². The van der Waals surface area contributed by atoms with Gasteiger partial charge in [0.1, 0.15) is 5.69 Å². The molecule has 8 nitrogen and oxygen atoms in total. The summed E-state index contributed by atoms with van der Waals surface area (Å²) in [6.45, 7) is 6.34. The predicted octanol–water partition coefficient (Wildman–Crippen LogP) is 2.72. The Morgan fingerprint density at radius 2 is 1.70 bits per heavy atom. The first-order valence-electron chi connectivity index (χ1n) is 9.58. The molecule has 3 rings (SSSR count). The maximum Gasteiger partial charge on any atom is 0.340 e. The number of ether oxygens (including phenoxy) is 1. The van der Waals surface area contributed by atoms with Crippen molar-refractivity contribution in [1.82, 2.24) is 14.2 Å². The summed E-state index contributed by atoms with van der Waals surface area (Å²) >= 11 is 3.30. The number of carbonyl (C=O) groups is 2. The molecular weight excluding hydrogens is 474 g/mol. The largest absolute Gasteiger partial charge is 0.462 e. The number of benzene rings is 1. The summed E-state index contributed by atoms with van der Waals surface area (Å²) in [5.74, 6) is -0.722. The summed E-state index contributed by atoms with van der Waals surface area (Å²) in [7, 11) is -3.62. The highest BCUT2D eigenvalue weighted by Crippen LogP contribution is 2.23. The lowest BCUT2D eigenvalue weighted by molar-refractivity contribution is 0.0525. The first-order chi connectivity index (χ1) is 14.2. The second-order valence-electron chi connectivity index (χ2n) is 7.00. The monoisotopic (exact) mass is 497 g/mol. The number of aryl methyl sites for hydroxylation is 1. The van der Waals surface area contributed by atoms with Gasteiger partial charge in [0.15, 0.2) is 0 Å². The average Bonchev–Trinajstić information content (AvgIpc) is 3.02. The van der Waals surface area contributed by atoms with Crippen LogP contribution in [0.4, 0.5) is 0 Å². The summed E-state index contributed by atoms with van der Waals surface area (Å²) in [6.07, 6.45) is 0. The zero-order chi connectivity index (χ0) is 22.1. The van der Waals surface area contributed by atoms with Crippen molar-refractivity contribution in [2.24, 2.45) is 0 Å². The number of nitrogens with zero attached hydrogens (tertiary/aromatic N) is 2. The number of piperazine rings is 1. The summed E-state index contributed by atoms with van der Waals surface area (Å²) in [5, 5.41) is 0. The molecule has 0 aliphatic carbocycles. The molecule has 0 unspecified atom stereocenters. The van der Waals surface area contributed by atoms with E-state index in [-0.39, 0.29) is 43.6 Å². The number of carbonyl (C=O) groups excluding carboxylic acids is 2. The normalized spacial score (nSPS) is 15.3. The van der Waals surface area contributed by atoms with Gasteiger partial charge in [-0.3, -0.25) is 4.79 Å². The van der Waals surface area contributed by atoms with Crippen molar-refractivity contribution < 1.29 is 22.7 Å². The summed E-state index contributed by atoms with van der Waals surface area (Å²) < 4.78 is 32.9. The van der Waals surface area contributed by atoms with Crippen LogP contribution >= 0.6 is 15.9 Å². The van der Waals surface area contributed by atoms with Gasteiger partial charge in [0.2, 0.25) is 10.0 Å². The molecule has 0 saturated carbocycles. The number of nitrogens with one attached hydrogen (secondary N) is 1. The van der Waals surface area contributed by atoms with E-state index in [0.29, 0.717) is 22.5 Å². The number of amides is 1. The van der Waals surface area contributed by atoms with Gasteiger partial charge >= 0.3 is 5.97 Å². The minimum absolute atomic E-state index is 0.202. The van der Waals surface area contributed by atoms with Crippen molar-refractivity contribution in [1.29, 1.82) is 0 Å². The Labute approximate surface area is 184 Å². The van der Waals surface area contributed by atoms with Crippen molar-refractivity contribution in [3.8, 4) is 0 Å². The number of aromatic nitrogens is 1. The third-order valence-corrected chi connectivity index (χ3v) is 7.55. The van der Waals surface area contributed by atoms with Crippen LogP contribution < -0.4 is 0 Å². The number of H-pyrrole nitrogens is 1. The molecule has 0 atom stereocenters. The zero-order valence-electron chi connectivity index (χ0n) is 17.1. The zero-order valence-corrected chi connectivity index (χ0v) is 19.5. The van der Waals surface area contributed by atoms with E-state index < -0.39 is 16.0 Å². The maximum absolute atomic E-state index is 13.0. The fourth-order valence-corrected chi connectivity index (χ4v) is 5.21. The Morgan fingerprint density at radius 3 is 2.27 bits per heavy atom. The standard InChI is InChI=1S/C20H24BrN3O5S/c1-4-29-20(26)17-13(2)18(22-14(17)3)19(25)23-9-11-24(12-10-23)30(27,28)16-7-5-15(21)6-8-16/h5-8,22H,4,9-12H2,1-3H3. The van der Waals surface area contributed by atoms with Crippen LogP contribution in [-0.4, -0.2) is 67.3 Å². The van der Waals surface area contributed by atoms with Crippen LogP contribution in [0.5, 0.6) is 0 Å². The first-order valence-corrected chi connectivity index (χ1v) is 11.8. The van der Waals surface area contributed by atoms with E-state index >= 15 is 0 Å². The molecule has 1 aromatic carbocycles. The lowest BCUT2D eigenvalue weighted by Gasteiger charge is -2.34. The van der Waals surface area contributed by atoms with Crippen LogP contribution in [0.25, 0.3) is 0 Å². The van der Waals surface area contributed by atoms with Gasteiger partial charge in [-0.25, -0.2) is 13.2 Å². The van der Waals surface area contributed by atoms with Gasteiger partial charge in [-0.1, -0.05) is 15.9 Å². The lowest BCUT2D eigenvalue weighted by Crippen LogP contribution is -2.50. The van der Waals surface area contributed by atoms with Crippen LogP contribution in [0.2, 0.25) is 0 Å². The minimum atomic E-state index is -3.62. The molecule has 10 heteroatoms. The van der Waals surface area contributed by atoms with Crippen molar-refractivity contribution in [3.05, 3.63) is 51.3 Å². The number of halogens is 1. The number of hydrogen-bond donors (Lipinski definition) is 1. The Balaban J connectivity index is 1.72. The Morgan fingerprint density at radius 1 is 1.10 bits per heavy atom. The molecule has 1 N–H and O–H groups in total. The van der Waals surface area contributed by atoms with Crippen molar-refractivity contribution in [2.75, 3.05) is 32.8 Å². The van der Waals surface area contributed by atoms with E-state index in [1.165, 1.54) is 4.31 Å². The maximum atomic E-state index is 13.0. The van der Waals surface area contributed by atoms with E-state index in [1.54, 1.807) is 49.9 Å². The molecule has 1 saturated heterocycles. The third-order valence-electron chi connectivity index (χ3n) is 5.11. The molecule has 1 aliphatic rings. The topological polar surface area (TPSA) is 99.8 Å². The fraction of sp³-hybridized carbons (Fsp3) is 0.400. The van der Waals surface area contributed by atoms with E-state index in [9.17, 15) is 18.0 Å². The highest BCUT2D eigenvalue weighted by molar-refractivity contribution is 9.10. The van der Waals surface area contributed by atoms with E-state index in [2.05, 4.69) is 20.9 Å². The summed E-state index contributed by atoms with van der Waals surface area (Å²) in [4.78, 5) is 30.0. The van der Waals surface area contributed by atoms with Gasteiger partial charge in [-0.05, 0) is 50.6 Å². The SMILES string of the molecule is CCOC(=O)c1c(C)[nH]c(C(=O)N2CCN(S(=O)(=O)c3ccc(Br)cc3)CC2)c1C. The average molecular weight is 498 g/mol. The number of rotatable bonds is 5. The fourth-order valence-electron chi connectivity index (χ4n) is 3.52. The first kappa shape index (κ1) is 22.5. The second-order valence-corrected chi connectivity index (χ2v) is 9.85. The number of aromatic amines is 1. The van der Waals surface area contributed by atoms with Crippen molar-refractivity contribution >= 4 is 37.8 Å². The third kappa shape index (κ3) is 4.30. The molecule has 30 heavy (non-hydrogen) atoms. The van der Waals surface area contributed by atoms with Crippen LogP contribution in [-0.2, 0) is 14.8 Å². The van der Waals surface area contributed by atoms with Gasteiger partial charge in [0.25, 0.3) is 5.91 Å². The molecule has 0 spiro atoms. The van der Waals surface area contributed by atoms with Crippen LogP contribution in [0.15, 0.2) is 33.6 Å². The Bertz CT molecular complexity index is 1050. The quantitative estimate of drug-likeness (QED) is 0.640. The Hall–Kier alpha value is -2.17. The number of esters is 1. The predicted molar refractivity (Wildman–Crippen MR) is 115 cm³/mol. The van der Waals surface area contributed by atoms with Crippen molar-refractivity contribution in [3.63, 3.8) is 0 Å². The van der Waals surface area contributed by atoms with E-state index in [1.807, 2.05) is 0 Å². The smallest absolute Gasteiger partial charge is 0.340 e. The Kier molecular flexibility index (Phi) is 6.68. The number of sulfonamides is 1. The molecule has 1 amide bonds. The summed E-state index contributed by atoms with van der Waals surface area (Å²) in [6, 6.07) is 6.48. The summed E-state index contributed by atoms with van der Waals surface area (Å²) in [5.41, 5.74) is 1.82. The number of hydrogen-bond acceptors (Lipinski definition) is 5. The van der Waals surface area contributed by atoms with Crippen LogP contribution in [0.3, 0.4) is 0 Å². The molecule has 0 bridgehead atoms. The highest BCUT2D eigenvalue weighted by Gasteiger charge is 2.32. The van der Waals surface area contributed by atoms with Crippen LogP contribution in [0, 0.1) is 13.8 Å². The molecule has 1 fully saturated rings. The van der Waals surface area contributed by atoms with E-state index in [4.69, 9.17) is 4.74 Å². The van der Waals surface area contributed by atoms with Gasteiger partial charge in [0, 0.05) is 36.3 Å². The molecule has 1 aliphatic heterocycles.